The van der Waals surface area contributed by atoms with Gasteiger partial charge in [0.05, 0.1) is 5.56 Å². The summed E-state index contributed by atoms with van der Waals surface area (Å²) in [7, 11) is 0. The number of fused-ring (bicyclic) bond motifs is 1. The first-order chi connectivity index (χ1) is 13.0. The van der Waals surface area contributed by atoms with Crippen LogP contribution in [-0.4, -0.2) is 22.3 Å². The van der Waals surface area contributed by atoms with E-state index >= 15 is 0 Å². The number of aromatic carboxylic acids is 1. The number of carboxylic acids is 1. The molecule has 1 aliphatic heterocycles. The van der Waals surface area contributed by atoms with E-state index in [-0.39, 0.29) is 11.3 Å². The molecule has 0 bridgehead atoms. The van der Waals surface area contributed by atoms with Gasteiger partial charge in [-0.1, -0.05) is 49.2 Å². The molecule has 4 rings (SSSR count). The number of carboxylic acid groups (broad SMARTS) is 1. The monoisotopic (exact) mass is 365 g/mol. The van der Waals surface area contributed by atoms with E-state index < -0.39 is 5.97 Å². The summed E-state index contributed by atoms with van der Waals surface area (Å²) in [6.45, 7) is 2.24. The molecule has 1 aliphatic carbocycles. The Bertz CT molecular complexity index is 833. The van der Waals surface area contributed by atoms with Crippen LogP contribution in [0.5, 0.6) is 5.75 Å². The maximum Gasteiger partial charge on any atom is 0.335 e. The summed E-state index contributed by atoms with van der Waals surface area (Å²) in [6.07, 6.45) is 9.54. The molecule has 4 nitrogen and oxygen atoms in total. The Balaban J connectivity index is 0.000000180. The van der Waals surface area contributed by atoms with Crippen LogP contribution in [0.3, 0.4) is 0 Å². The van der Waals surface area contributed by atoms with Gasteiger partial charge >= 0.3 is 5.97 Å². The summed E-state index contributed by atoms with van der Waals surface area (Å²) in [5.41, 5.74) is 4.77. The van der Waals surface area contributed by atoms with Gasteiger partial charge in [-0.2, -0.15) is 0 Å². The number of benzene rings is 2. The van der Waals surface area contributed by atoms with Gasteiger partial charge < -0.3 is 10.2 Å². The van der Waals surface area contributed by atoms with E-state index in [1.54, 1.807) is 5.56 Å². The van der Waals surface area contributed by atoms with Crippen molar-refractivity contribution >= 4 is 11.7 Å². The Hall–Kier alpha value is -2.62. The highest BCUT2D eigenvalue weighted by atomic mass is 16.4. The van der Waals surface area contributed by atoms with Gasteiger partial charge in [-0.15, -0.1) is 5.75 Å². The topological polar surface area (TPSA) is 74.3 Å². The van der Waals surface area contributed by atoms with Crippen LogP contribution in [0.2, 0.25) is 0 Å². The van der Waals surface area contributed by atoms with E-state index in [9.17, 15) is 9.90 Å². The van der Waals surface area contributed by atoms with E-state index in [1.165, 1.54) is 74.4 Å². The van der Waals surface area contributed by atoms with Crippen molar-refractivity contribution in [1.29, 1.82) is 0 Å². The predicted octanol–water partition coefficient (Wildman–Crippen LogP) is 2.68. The molecular formula is C23H27NO3. The van der Waals surface area contributed by atoms with Crippen molar-refractivity contribution in [3.05, 3.63) is 65.2 Å². The quantitative estimate of drug-likeness (QED) is 0.816. The van der Waals surface area contributed by atoms with Crippen LogP contribution in [0.15, 0.2) is 48.5 Å². The first kappa shape index (κ1) is 19.2. The minimum atomic E-state index is -1.07. The van der Waals surface area contributed by atoms with Crippen LogP contribution < -0.4 is 10.1 Å². The van der Waals surface area contributed by atoms with E-state index in [2.05, 4.69) is 36.2 Å². The molecule has 0 unspecified atom stereocenters. The third-order valence-electron chi connectivity index (χ3n) is 5.54. The number of carbonyl (C=O) groups is 1. The van der Waals surface area contributed by atoms with Crippen LogP contribution in [0.25, 0.3) is 0 Å². The Morgan fingerprint density at radius 3 is 2.37 bits per heavy atom. The highest BCUT2D eigenvalue weighted by Gasteiger charge is 2.39. The van der Waals surface area contributed by atoms with E-state index in [0.29, 0.717) is 5.54 Å². The molecule has 1 heterocycles. The second-order valence-corrected chi connectivity index (χ2v) is 7.61. The second kappa shape index (κ2) is 8.38. The molecule has 4 heteroatoms. The molecule has 1 fully saturated rings. The number of hydrogen-bond donors (Lipinski definition) is 2. The molecule has 27 heavy (non-hydrogen) atoms. The summed E-state index contributed by atoms with van der Waals surface area (Å²) in [6, 6.07) is 14.1. The van der Waals surface area contributed by atoms with Gasteiger partial charge in [0.25, 0.3) is 0 Å². The summed E-state index contributed by atoms with van der Waals surface area (Å²) in [5.74, 6) is -1.35. The average Bonchev–Trinajstić information content (AvgIpc) is 2.87. The molecule has 1 spiro atoms. The fourth-order valence-corrected chi connectivity index (χ4v) is 4.25. The maximum absolute atomic E-state index is 10.5. The highest BCUT2D eigenvalue weighted by Crippen LogP contribution is 2.29. The van der Waals surface area contributed by atoms with Crippen LogP contribution >= 0.6 is 0 Å². The first-order valence-corrected chi connectivity index (χ1v) is 9.69. The molecule has 0 amide bonds. The zero-order valence-electron chi connectivity index (χ0n) is 15.8. The standard InChI is InChI=1S/C16H21N.C7H6O3/c1-13-15-9-5-4-8-14(15)12-16(17-13)10-6-2-3-7-11-16;8-6-3-1-2-5(4-6)7(9)10/h4-5,8-9H,2-3,6-7,10-12H2,1H3;1-4,8H,(H,9,10). The number of rotatable bonds is 1. The molecule has 2 aliphatic rings. The number of hydrogen-bond acceptors (Lipinski definition) is 2. The molecular weight excluding hydrogens is 338 g/mol. The van der Waals surface area contributed by atoms with Crippen molar-refractivity contribution in [1.82, 2.24) is 0 Å². The lowest BCUT2D eigenvalue weighted by Crippen LogP contribution is -2.89. The van der Waals surface area contributed by atoms with Crippen molar-refractivity contribution in [2.24, 2.45) is 0 Å². The van der Waals surface area contributed by atoms with Crippen molar-refractivity contribution < 1.29 is 20.0 Å². The molecule has 2 aromatic rings. The van der Waals surface area contributed by atoms with Gasteiger partial charge in [0.15, 0.2) is 11.3 Å². The second-order valence-electron chi connectivity index (χ2n) is 7.61. The third-order valence-corrected chi connectivity index (χ3v) is 5.54. The largest absolute Gasteiger partial charge is 0.872 e. The number of nitrogens with one attached hydrogen (secondary N) is 1. The van der Waals surface area contributed by atoms with Crippen molar-refractivity contribution in [3.63, 3.8) is 0 Å². The summed E-state index contributed by atoms with van der Waals surface area (Å²) < 4.78 is 0. The van der Waals surface area contributed by atoms with Crippen LogP contribution in [0, 0.1) is 0 Å². The molecule has 2 N–H and O–H groups in total. The smallest absolute Gasteiger partial charge is 0.335 e. The van der Waals surface area contributed by atoms with E-state index in [0.717, 1.165) is 6.07 Å². The molecule has 2 aromatic carbocycles. The van der Waals surface area contributed by atoms with E-state index in [4.69, 9.17) is 5.11 Å². The van der Waals surface area contributed by atoms with Crippen molar-refractivity contribution in [2.45, 2.75) is 57.4 Å². The van der Waals surface area contributed by atoms with Crippen molar-refractivity contribution in [2.75, 3.05) is 0 Å². The predicted molar refractivity (Wildman–Crippen MR) is 104 cm³/mol. The Morgan fingerprint density at radius 1 is 1.04 bits per heavy atom. The van der Waals surface area contributed by atoms with Crippen LogP contribution in [0.4, 0.5) is 0 Å². The van der Waals surface area contributed by atoms with Crippen molar-refractivity contribution in [3.8, 4) is 5.75 Å². The normalized spacial score (nSPS) is 17.7. The van der Waals surface area contributed by atoms with Gasteiger partial charge in [-0.05, 0) is 30.5 Å². The Labute approximate surface area is 160 Å². The zero-order valence-corrected chi connectivity index (χ0v) is 15.8. The van der Waals surface area contributed by atoms with Gasteiger partial charge in [0.1, 0.15) is 0 Å². The lowest BCUT2D eigenvalue weighted by molar-refractivity contribution is -0.559. The summed E-state index contributed by atoms with van der Waals surface area (Å²) in [5, 5.41) is 18.9. The Morgan fingerprint density at radius 2 is 1.74 bits per heavy atom. The molecule has 0 radical (unpaired) electrons. The Kier molecular flexibility index (Phi) is 5.94. The van der Waals surface area contributed by atoms with E-state index in [1.807, 2.05) is 0 Å². The minimum absolute atomic E-state index is 0.0347. The molecule has 0 aromatic heterocycles. The molecule has 142 valence electrons. The van der Waals surface area contributed by atoms with Gasteiger partial charge in [0, 0.05) is 31.7 Å². The van der Waals surface area contributed by atoms with Gasteiger partial charge in [0.2, 0.25) is 0 Å². The fourth-order valence-electron chi connectivity index (χ4n) is 4.25. The maximum atomic E-state index is 10.5. The summed E-state index contributed by atoms with van der Waals surface area (Å²) >= 11 is 0. The summed E-state index contributed by atoms with van der Waals surface area (Å²) in [4.78, 5) is 14.1. The van der Waals surface area contributed by atoms with Crippen LogP contribution in [-0.2, 0) is 6.42 Å². The van der Waals surface area contributed by atoms with Crippen LogP contribution in [0.1, 0.15) is 66.9 Å². The molecule has 0 atom stereocenters. The highest BCUT2D eigenvalue weighted by molar-refractivity contribution is 5.96. The molecule has 0 saturated heterocycles. The average molecular weight is 365 g/mol. The first-order valence-electron chi connectivity index (χ1n) is 9.69. The SMILES string of the molecule is CC1=[NH+]C2(CCCCCC2)Cc2ccccc21.O=C(O)c1cccc([O-])c1. The minimum Gasteiger partial charge on any atom is -0.872 e. The fraction of sp³-hybridized carbons (Fsp3) is 0.391. The lowest BCUT2D eigenvalue weighted by Gasteiger charge is -2.28. The molecule has 1 saturated carbocycles. The lowest BCUT2D eigenvalue weighted by atomic mass is 9.80. The van der Waals surface area contributed by atoms with Gasteiger partial charge in [-0.3, -0.25) is 0 Å². The van der Waals surface area contributed by atoms with Gasteiger partial charge in [-0.25, -0.2) is 9.79 Å². The zero-order chi connectivity index (χ0) is 19.3. The third kappa shape index (κ3) is 4.76.